The maximum atomic E-state index is 11.6. The van der Waals surface area contributed by atoms with Gasteiger partial charge in [0.1, 0.15) is 18.8 Å². The lowest BCUT2D eigenvalue weighted by molar-refractivity contribution is -0.262. The first-order valence-corrected chi connectivity index (χ1v) is 15.5. The van der Waals surface area contributed by atoms with Crippen molar-refractivity contribution in [3.63, 3.8) is 0 Å². The average molecular weight is 497 g/mol. The Morgan fingerprint density at radius 3 is 1.43 bits per heavy atom. The second kappa shape index (κ2) is 22.7. The van der Waals surface area contributed by atoms with E-state index in [1.807, 2.05) is 0 Å². The number of unbranched alkanes of at least 4 members (excludes halogenated alkanes) is 19. The Hall–Kier alpha value is -0.450. The summed E-state index contributed by atoms with van der Waals surface area (Å²) in [7, 11) is 0. The van der Waals surface area contributed by atoms with Gasteiger partial charge in [0.15, 0.2) is 12.1 Å². The molecule has 0 aromatic carbocycles. The van der Waals surface area contributed by atoms with Crippen LogP contribution in [0.2, 0.25) is 0 Å². The Labute approximate surface area is 218 Å². The summed E-state index contributed by atoms with van der Waals surface area (Å²) < 4.78 is 17.9. The third-order valence-corrected chi connectivity index (χ3v) is 7.50. The maximum absolute atomic E-state index is 11.6. The van der Waals surface area contributed by atoms with Gasteiger partial charge in [0.2, 0.25) is 0 Å². The summed E-state index contributed by atoms with van der Waals surface area (Å²) in [5.74, 6) is 0.0210. The van der Waals surface area contributed by atoms with Gasteiger partial charge in [-0.05, 0) is 19.8 Å². The Morgan fingerprint density at radius 1 is 0.629 bits per heavy atom. The monoisotopic (exact) mass is 496 g/mol. The molecule has 0 spiro atoms. The third kappa shape index (κ3) is 17.6. The van der Waals surface area contributed by atoms with E-state index in [1.54, 1.807) is 0 Å². The molecule has 0 aromatic heterocycles. The van der Waals surface area contributed by atoms with E-state index in [2.05, 4.69) is 20.8 Å². The highest BCUT2D eigenvalue weighted by atomic mass is 16.7. The fraction of sp³-hybridized carbons (Fsp3) is 0.968. The van der Waals surface area contributed by atoms with Gasteiger partial charge >= 0.3 is 0 Å². The van der Waals surface area contributed by atoms with Crippen LogP contribution in [0.25, 0.3) is 0 Å². The normalized spacial score (nSPS) is 16.6. The standard InChI is InChI=1S/C31H60O4/c1-4-6-8-10-12-14-15-16-17-18-19-21-23-25-31(3,30-33-27-29(32)28-34-30)35-26-24-22-20-13-11-9-7-5-2/h30H,4-28H2,1-3H3. The number of hydrogen-bond donors (Lipinski definition) is 0. The number of carbonyl (C=O) groups excluding carboxylic acids is 1. The molecule has 208 valence electrons. The van der Waals surface area contributed by atoms with Crippen molar-refractivity contribution in [2.75, 3.05) is 19.8 Å². The van der Waals surface area contributed by atoms with Gasteiger partial charge in [0.25, 0.3) is 0 Å². The summed E-state index contributed by atoms with van der Waals surface area (Å²) in [5, 5.41) is 0. The molecule has 1 aliphatic heterocycles. The molecule has 1 fully saturated rings. The Kier molecular flexibility index (Phi) is 21.2. The van der Waals surface area contributed by atoms with Crippen molar-refractivity contribution in [1.82, 2.24) is 0 Å². The molecule has 0 bridgehead atoms. The molecule has 1 atom stereocenters. The predicted octanol–water partition coefficient (Wildman–Crippen LogP) is 9.33. The van der Waals surface area contributed by atoms with E-state index < -0.39 is 11.9 Å². The van der Waals surface area contributed by atoms with Crippen molar-refractivity contribution in [2.24, 2.45) is 0 Å². The molecular weight excluding hydrogens is 436 g/mol. The van der Waals surface area contributed by atoms with E-state index in [4.69, 9.17) is 14.2 Å². The summed E-state index contributed by atoms with van der Waals surface area (Å²) >= 11 is 0. The molecule has 0 radical (unpaired) electrons. The van der Waals surface area contributed by atoms with Gasteiger partial charge in [0.05, 0.1) is 0 Å². The fourth-order valence-electron chi connectivity index (χ4n) is 5.07. The van der Waals surface area contributed by atoms with Gasteiger partial charge in [-0.25, -0.2) is 0 Å². The lowest BCUT2D eigenvalue weighted by atomic mass is 9.95. The van der Waals surface area contributed by atoms with Gasteiger partial charge in [0, 0.05) is 6.61 Å². The number of ketones is 1. The molecular formula is C31H60O4. The van der Waals surface area contributed by atoms with Gasteiger partial charge in [-0.3, -0.25) is 4.79 Å². The number of carbonyl (C=O) groups is 1. The zero-order valence-corrected chi connectivity index (χ0v) is 23.9. The van der Waals surface area contributed by atoms with Crippen molar-refractivity contribution in [3.8, 4) is 0 Å². The number of Topliss-reactive ketones (excluding diaryl/α,β-unsaturated/α-hetero) is 1. The summed E-state index contributed by atoms with van der Waals surface area (Å²) in [6, 6.07) is 0. The van der Waals surface area contributed by atoms with Crippen LogP contribution in [-0.2, 0) is 19.0 Å². The zero-order valence-electron chi connectivity index (χ0n) is 23.9. The van der Waals surface area contributed by atoms with Crippen LogP contribution in [0, 0.1) is 0 Å². The minimum Gasteiger partial charge on any atom is -0.370 e. The highest BCUT2D eigenvalue weighted by Crippen LogP contribution is 2.29. The van der Waals surface area contributed by atoms with Crippen LogP contribution in [-0.4, -0.2) is 37.5 Å². The molecule has 1 aliphatic rings. The fourth-order valence-corrected chi connectivity index (χ4v) is 5.07. The van der Waals surface area contributed by atoms with E-state index in [0.29, 0.717) is 0 Å². The van der Waals surface area contributed by atoms with Crippen LogP contribution in [0.5, 0.6) is 0 Å². The first kappa shape index (κ1) is 32.6. The molecule has 1 heterocycles. The largest absolute Gasteiger partial charge is 0.370 e. The van der Waals surface area contributed by atoms with Crippen LogP contribution in [0.15, 0.2) is 0 Å². The Bertz CT molecular complexity index is 471. The third-order valence-electron chi connectivity index (χ3n) is 7.50. The molecule has 1 unspecified atom stereocenters. The van der Waals surface area contributed by atoms with E-state index in [-0.39, 0.29) is 19.0 Å². The molecule has 4 nitrogen and oxygen atoms in total. The van der Waals surface area contributed by atoms with Crippen molar-refractivity contribution in [1.29, 1.82) is 0 Å². The van der Waals surface area contributed by atoms with Crippen molar-refractivity contribution in [2.45, 2.75) is 174 Å². The minimum atomic E-state index is -0.459. The van der Waals surface area contributed by atoms with Crippen molar-refractivity contribution < 1.29 is 19.0 Å². The highest BCUT2D eigenvalue weighted by Gasteiger charge is 2.39. The molecule has 35 heavy (non-hydrogen) atoms. The molecule has 0 amide bonds. The average Bonchev–Trinajstić information content (AvgIpc) is 2.86. The molecule has 1 rings (SSSR count). The number of rotatable bonds is 25. The van der Waals surface area contributed by atoms with Crippen LogP contribution in [0.4, 0.5) is 0 Å². The van der Waals surface area contributed by atoms with Crippen LogP contribution >= 0.6 is 0 Å². The molecule has 0 saturated carbocycles. The molecule has 4 heteroatoms. The number of ether oxygens (including phenoxy) is 3. The molecule has 1 saturated heterocycles. The van der Waals surface area contributed by atoms with Crippen LogP contribution in [0.3, 0.4) is 0 Å². The van der Waals surface area contributed by atoms with Crippen molar-refractivity contribution >= 4 is 5.78 Å². The van der Waals surface area contributed by atoms with Crippen molar-refractivity contribution in [3.05, 3.63) is 0 Å². The number of hydrogen-bond acceptors (Lipinski definition) is 4. The minimum absolute atomic E-state index is 0.0210. The van der Waals surface area contributed by atoms with Crippen LogP contribution < -0.4 is 0 Å². The van der Waals surface area contributed by atoms with Gasteiger partial charge in [-0.1, -0.05) is 142 Å². The van der Waals surface area contributed by atoms with E-state index in [1.165, 1.54) is 122 Å². The molecule has 0 N–H and O–H groups in total. The first-order valence-electron chi connectivity index (χ1n) is 15.5. The first-order chi connectivity index (χ1) is 17.1. The predicted molar refractivity (Wildman–Crippen MR) is 148 cm³/mol. The zero-order chi connectivity index (χ0) is 25.5. The Balaban J connectivity index is 2.16. The van der Waals surface area contributed by atoms with Crippen LogP contribution in [0.1, 0.15) is 162 Å². The van der Waals surface area contributed by atoms with Gasteiger partial charge < -0.3 is 14.2 Å². The smallest absolute Gasteiger partial charge is 0.187 e. The Morgan fingerprint density at radius 2 is 1.00 bits per heavy atom. The second-order valence-electron chi connectivity index (χ2n) is 11.1. The second-order valence-corrected chi connectivity index (χ2v) is 11.1. The quantitative estimate of drug-likeness (QED) is 0.118. The summed E-state index contributed by atoms with van der Waals surface area (Å²) in [6.07, 6.45) is 28.5. The van der Waals surface area contributed by atoms with Gasteiger partial charge in [-0.15, -0.1) is 0 Å². The summed E-state index contributed by atoms with van der Waals surface area (Å²) in [4.78, 5) is 11.6. The lowest BCUT2D eigenvalue weighted by Crippen LogP contribution is -2.49. The molecule has 0 aliphatic carbocycles. The van der Waals surface area contributed by atoms with E-state index in [0.717, 1.165) is 25.9 Å². The van der Waals surface area contributed by atoms with E-state index in [9.17, 15) is 4.79 Å². The van der Waals surface area contributed by atoms with E-state index >= 15 is 0 Å². The summed E-state index contributed by atoms with van der Waals surface area (Å²) in [5.41, 5.74) is -0.459. The topological polar surface area (TPSA) is 44.8 Å². The maximum Gasteiger partial charge on any atom is 0.187 e. The van der Waals surface area contributed by atoms with Gasteiger partial charge in [-0.2, -0.15) is 0 Å². The highest BCUT2D eigenvalue weighted by molar-refractivity contribution is 5.81. The summed E-state index contributed by atoms with van der Waals surface area (Å²) in [6.45, 7) is 7.73. The molecule has 0 aromatic rings. The lowest BCUT2D eigenvalue weighted by Gasteiger charge is -2.38. The SMILES string of the molecule is CCCCCCCCCCCCCCCC(C)(OCCCCCCCCCC)C1OCC(=O)CO1.